The summed E-state index contributed by atoms with van der Waals surface area (Å²) in [5, 5.41) is 9.02. The molecule has 0 aromatic heterocycles. The molecule has 1 atom stereocenters. The molecule has 0 aliphatic carbocycles. The van der Waals surface area contributed by atoms with Crippen LogP contribution in [0.1, 0.15) is 11.1 Å². The zero-order valence-electron chi connectivity index (χ0n) is 11.6. The predicted octanol–water partition coefficient (Wildman–Crippen LogP) is 2.38. The van der Waals surface area contributed by atoms with Gasteiger partial charge < -0.3 is 9.84 Å². The summed E-state index contributed by atoms with van der Waals surface area (Å²) in [6, 6.07) is 2.22. The molecular formula is C14H15F4NO3. The highest BCUT2D eigenvalue weighted by Gasteiger charge is 2.31. The first kappa shape index (κ1) is 16.7. The minimum atomic E-state index is -4.55. The van der Waals surface area contributed by atoms with Gasteiger partial charge in [0.05, 0.1) is 24.7 Å². The molecule has 0 spiro atoms. The standard InChI is InChI=1S/C14H15F4NO3/c15-12-2-1-11(14(16,17)18)5-9(12)6-19-3-4-22-8-10(7-19)13(20)21/h1-2,5,10H,3-4,6-8H2,(H,20,21). The first-order valence-electron chi connectivity index (χ1n) is 6.66. The van der Waals surface area contributed by atoms with Gasteiger partial charge in [0.25, 0.3) is 0 Å². The van der Waals surface area contributed by atoms with Gasteiger partial charge >= 0.3 is 12.1 Å². The third-order valence-electron chi connectivity index (χ3n) is 3.47. The number of carboxylic acids is 1. The fourth-order valence-corrected chi connectivity index (χ4v) is 2.28. The molecule has 1 aliphatic heterocycles. The average Bonchev–Trinajstić information content (AvgIpc) is 2.65. The number of hydrogen-bond donors (Lipinski definition) is 1. The first-order valence-corrected chi connectivity index (χ1v) is 6.66. The Bertz CT molecular complexity index is 547. The van der Waals surface area contributed by atoms with Crippen molar-refractivity contribution in [1.82, 2.24) is 4.90 Å². The summed E-state index contributed by atoms with van der Waals surface area (Å²) in [5.41, 5.74) is -1.04. The molecular weight excluding hydrogens is 306 g/mol. The van der Waals surface area contributed by atoms with Crippen LogP contribution in [0.4, 0.5) is 17.6 Å². The van der Waals surface area contributed by atoms with Gasteiger partial charge in [-0.05, 0) is 18.2 Å². The van der Waals surface area contributed by atoms with Crippen molar-refractivity contribution in [2.75, 3.05) is 26.3 Å². The van der Waals surface area contributed by atoms with E-state index in [2.05, 4.69) is 0 Å². The van der Waals surface area contributed by atoms with Gasteiger partial charge in [0.1, 0.15) is 5.82 Å². The lowest BCUT2D eigenvalue weighted by atomic mass is 10.1. The van der Waals surface area contributed by atoms with Crippen LogP contribution in [-0.4, -0.2) is 42.3 Å². The molecule has 22 heavy (non-hydrogen) atoms. The number of carboxylic acid groups (broad SMARTS) is 1. The second-order valence-electron chi connectivity index (χ2n) is 5.15. The second-order valence-corrected chi connectivity index (χ2v) is 5.15. The lowest BCUT2D eigenvalue weighted by molar-refractivity contribution is -0.143. The van der Waals surface area contributed by atoms with Crippen LogP contribution in [-0.2, 0) is 22.3 Å². The van der Waals surface area contributed by atoms with Gasteiger partial charge in [0.15, 0.2) is 0 Å². The maximum Gasteiger partial charge on any atom is 0.416 e. The molecule has 1 fully saturated rings. The smallest absolute Gasteiger partial charge is 0.416 e. The highest BCUT2D eigenvalue weighted by Crippen LogP contribution is 2.30. The molecule has 4 nitrogen and oxygen atoms in total. The van der Waals surface area contributed by atoms with E-state index in [4.69, 9.17) is 9.84 Å². The van der Waals surface area contributed by atoms with Crippen molar-refractivity contribution in [2.24, 2.45) is 5.92 Å². The monoisotopic (exact) mass is 321 g/mol. The van der Waals surface area contributed by atoms with Gasteiger partial charge in [-0.3, -0.25) is 9.69 Å². The Labute approximate surface area is 124 Å². The molecule has 122 valence electrons. The van der Waals surface area contributed by atoms with Gasteiger partial charge in [-0.1, -0.05) is 0 Å². The van der Waals surface area contributed by atoms with Gasteiger partial charge in [-0.25, -0.2) is 4.39 Å². The number of carbonyl (C=O) groups is 1. The van der Waals surface area contributed by atoms with Crippen molar-refractivity contribution < 1.29 is 32.2 Å². The Kier molecular flexibility index (Phi) is 5.02. The topological polar surface area (TPSA) is 49.8 Å². The molecule has 1 N–H and O–H groups in total. The maximum atomic E-state index is 13.7. The summed E-state index contributed by atoms with van der Waals surface area (Å²) in [5.74, 6) is -2.57. The molecule has 1 aliphatic rings. The molecule has 1 aromatic rings. The Morgan fingerprint density at radius 2 is 2.14 bits per heavy atom. The molecule has 0 radical (unpaired) electrons. The number of rotatable bonds is 3. The average molecular weight is 321 g/mol. The Morgan fingerprint density at radius 1 is 1.41 bits per heavy atom. The lowest BCUT2D eigenvalue weighted by Gasteiger charge is -2.22. The molecule has 0 saturated carbocycles. The lowest BCUT2D eigenvalue weighted by Crippen LogP contribution is -2.33. The van der Waals surface area contributed by atoms with Crippen LogP contribution >= 0.6 is 0 Å². The van der Waals surface area contributed by atoms with E-state index in [9.17, 15) is 22.4 Å². The minimum Gasteiger partial charge on any atom is -0.481 e. The Morgan fingerprint density at radius 3 is 2.77 bits per heavy atom. The molecule has 1 aromatic carbocycles. The van der Waals surface area contributed by atoms with Crippen molar-refractivity contribution >= 4 is 5.97 Å². The number of hydrogen-bond acceptors (Lipinski definition) is 3. The highest BCUT2D eigenvalue weighted by molar-refractivity contribution is 5.70. The minimum absolute atomic E-state index is 0.0386. The second kappa shape index (κ2) is 6.62. The molecule has 2 rings (SSSR count). The van der Waals surface area contributed by atoms with Gasteiger partial charge in [-0.2, -0.15) is 13.2 Å². The van der Waals surface area contributed by atoms with Crippen molar-refractivity contribution in [3.8, 4) is 0 Å². The molecule has 1 heterocycles. The van der Waals surface area contributed by atoms with E-state index < -0.39 is 29.4 Å². The number of halogens is 4. The normalized spacial score (nSPS) is 20.6. The summed E-state index contributed by atoms with van der Waals surface area (Å²) >= 11 is 0. The summed E-state index contributed by atoms with van der Waals surface area (Å²) in [6.45, 7) is 0.634. The molecule has 8 heteroatoms. The highest BCUT2D eigenvalue weighted by atomic mass is 19.4. The number of aliphatic carboxylic acids is 1. The van der Waals surface area contributed by atoms with E-state index in [0.29, 0.717) is 12.6 Å². The summed E-state index contributed by atoms with van der Waals surface area (Å²) in [7, 11) is 0. The summed E-state index contributed by atoms with van der Waals surface area (Å²) in [4.78, 5) is 12.6. The maximum absolute atomic E-state index is 13.7. The van der Waals surface area contributed by atoms with Gasteiger partial charge in [-0.15, -0.1) is 0 Å². The van der Waals surface area contributed by atoms with Crippen LogP contribution in [0.5, 0.6) is 0 Å². The van der Waals surface area contributed by atoms with Crippen molar-refractivity contribution in [1.29, 1.82) is 0 Å². The third-order valence-corrected chi connectivity index (χ3v) is 3.47. The van der Waals surface area contributed by atoms with E-state index in [0.717, 1.165) is 12.1 Å². The predicted molar refractivity (Wildman–Crippen MR) is 68.6 cm³/mol. The summed E-state index contributed by atoms with van der Waals surface area (Å²) in [6.07, 6.45) is -4.55. The van der Waals surface area contributed by atoms with Crippen LogP contribution in [0.2, 0.25) is 0 Å². The molecule has 0 bridgehead atoms. The number of alkyl halides is 3. The third kappa shape index (κ3) is 4.17. The van der Waals surface area contributed by atoms with E-state index in [-0.39, 0.29) is 31.9 Å². The van der Waals surface area contributed by atoms with Crippen LogP contribution in [0.15, 0.2) is 18.2 Å². The van der Waals surface area contributed by atoms with Crippen LogP contribution in [0.25, 0.3) is 0 Å². The fourth-order valence-electron chi connectivity index (χ4n) is 2.28. The van der Waals surface area contributed by atoms with E-state index in [1.165, 1.54) is 0 Å². The largest absolute Gasteiger partial charge is 0.481 e. The zero-order valence-corrected chi connectivity index (χ0v) is 11.6. The van der Waals surface area contributed by atoms with E-state index >= 15 is 0 Å². The Hall–Kier alpha value is -1.67. The quantitative estimate of drug-likeness (QED) is 0.869. The van der Waals surface area contributed by atoms with Crippen LogP contribution in [0.3, 0.4) is 0 Å². The Balaban J connectivity index is 2.16. The summed E-state index contributed by atoms with van der Waals surface area (Å²) < 4.78 is 56.9. The molecule has 1 saturated heterocycles. The number of nitrogens with zero attached hydrogens (tertiary/aromatic N) is 1. The van der Waals surface area contributed by atoms with Crippen molar-refractivity contribution in [3.63, 3.8) is 0 Å². The van der Waals surface area contributed by atoms with E-state index in [1.54, 1.807) is 4.90 Å². The number of benzene rings is 1. The zero-order chi connectivity index (χ0) is 16.3. The first-order chi connectivity index (χ1) is 10.3. The fraction of sp³-hybridized carbons (Fsp3) is 0.500. The van der Waals surface area contributed by atoms with Crippen LogP contribution < -0.4 is 0 Å². The number of ether oxygens (including phenoxy) is 1. The van der Waals surface area contributed by atoms with Gasteiger partial charge in [0.2, 0.25) is 0 Å². The molecule has 0 amide bonds. The van der Waals surface area contributed by atoms with Crippen molar-refractivity contribution in [2.45, 2.75) is 12.7 Å². The van der Waals surface area contributed by atoms with Gasteiger partial charge in [0, 0.05) is 25.2 Å². The molecule has 1 unspecified atom stereocenters. The van der Waals surface area contributed by atoms with Crippen molar-refractivity contribution in [3.05, 3.63) is 35.1 Å². The van der Waals surface area contributed by atoms with Crippen LogP contribution in [0, 0.1) is 11.7 Å². The van der Waals surface area contributed by atoms with E-state index in [1.807, 2.05) is 0 Å². The SMILES string of the molecule is O=C(O)C1COCCN(Cc2cc(C(F)(F)F)ccc2F)C1.